The first-order valence-electron chi connectivity index (χ1n) is 6.79. The summed E-state index contributed by atoms with van der Waals surface area (Å²) in [6, 6.07) is 1.05. The van der Waals surface area contributed by atoms with Crippen molar-refractivity contribution in [1.82, 2.24) is 0 Å². The highest BCUT2D eigenvalue weighted by Gasteiger charge is 2.26. The van der Waals surface area contributed by atoms with E-state index in [1.165, 1.54) is 0 Å². The number of carbonyl (C=O) groups excluding carboxylic acids is 1. The third-order valence-corrected chi connectivity index (χ3v) is 3.61. The number of carbonyl (C=O) groups is 1. The zero-order valence-corrected chi connectivity index (χ0v) is 11.3. The van der Waals surface area contributed by atoms with Crippen LogP contribution < -0.4 is 0 Å². The third-order valence-electron chi connectivity index (χ3n) is 3.61. The minimum Gasteiger partial charge on any atom is -0.462 e. The molecule has 0 atom stereocenters. The quantitative estimate of drug-likeness (QED) is 0.484. The van der Waals surface area contributed by atoms with Gasteiger partial charge in [-0.2, -0.15) is 4.39 Å². The second-order valence-corrected chi connectivity index (χ2v) is 5.15. The number of rotatable bonds is 4. The number of esters is 1. The zero-order valence-electron chi connectivity index (χ0n) is 11.3. The number of halogens is 2. The SMILES string of the molecule is O=C(OCC1CCCCC1)c1cc(F)cc([N+](=O)[O-])c1F. The van der Waals surface area contributed by atoms with E-state index >= 15 is 0 Å². The Morgan fingerprint density at radius 1 is 1.29 bits per heavy atom. The van der Waals surface area contributed by atoms with Crippen molar-refractivity contribution in [3.05, 3.63) is 39.4 Å². The van der Waals surface area contributed by atoms with E-state index in [1.807, 2.05) is 0 Å². The maximum atomic E-state index is 13.8. The van der Waals surface area contributed by atoms with Crippen molar-refractivity contribution in [1.29, 1.82) is 0 Å². The van der Waals surface area contributed by atoms with Gasteiger partial charge in [-0.3, -0.25) is 10.1 Å². The van der Waals surface area contributed by atoms with Crippen LogP contribution in [0.5, 0.6) is 0 Å². The first kappa shape index (κ1) is 15.3. The second-order valence-electron chi connectivity index (χ2n) is 5.15. The Kier molecular flexibility index (Phi) is 4.82. The van der Waals surface area contributed by atoms with Crippen molar-refractivity contribution in [2.24, 2.45) is 5.92 Å². The Balaban J connectivity index is 2.09. The highest BCUT2D eigenvalue weighted by molar-refractivity contribution is 5.90. The van der Waals surface area contributed by atoms with E-state index in [0.29, 0.717) is 12.1 Å². The van der Waals surface area contributed by atoms with Crippen LogP contribution in [-0.2, 0) is 4.74 Å². The molecule has 1 fully saturated rings. The molecule has 0 saturated heterocycles. The molecule has 0 aliphatic heterocycles. The number of nitrogens with zero attached hydrogens (tertiary/aromatic N) is 1. The van der Waals surface area contributed by atoms with Crippen LogP contribution in [0.3, 0.4) is 0 Å². The van der Waals surface area contributed by atoms with Gasteiger partial charge in [0.2, 0.25) is 5.82 Å². The Labute approximate surface area is 120 Å². The highest BCUT2D eigenvalue weighted by atomic mass is 19.1. The van der Waals surface area contributed by atoms with E-state index < -0.39 is 33.8 Å². The molecule has 0 N–H and O–H groups in total. The Morgan fingerprint density at radius 2 is 1.95 bits per heavy atom. The van der Waals surface area contributed by atoms with Crippen LogP contribution >= 0.6 is 0 Å². The van der Waals surface area contributed by atoms with E-state index in [4.69, 9.17) is 4.74 Å². The molecular formula is C14H15F2NO4. The van der Waals surface area contributed by atoms with Crippen molar-refractivity contribution in [2.45, 2.75) is 32.1 Å². The van der Waals surface area contributed by atoms with Crippen molar-refractivity contribution in [3.63, 3.8) is 0 Å². The van der Waals surface area contributed by atoms with E-state index in [2.05, 4.69) is 0 Å². The first-order chi connectivity index (χ1) is 9.99. The maximum Gasteiger partial charge on any atom is 0.341 e. The normalized spacial score (nSPS) is 15.7. The summed E-state index contributed by atoms with van der Waals surface area (Å²) >= 11 is 0. The fourth-order valence-corrected chi connectivity index (χ4v) is 2.48. The summed E-state index contributed by atoms with van der Waals surface area (Å²) in [5.41, 5.74) is -1.81. The summed E-state index contributed by atoms with van der Waals surface area (Å²) in [6.45, 7) is 0.128. The smallest absolute Gasteiger partial charge is 0.341 e. The van der Waals surface area contributed by atoms with Crippen molar-refractivity contribution in [2.75, 3.05) is 6.61 Å². The summed E-state index contributed by atoms with van der Waals surface area (Å²) in [7, 11) is 0. The van der Waals surface area contributed by atoms with Crippen molar-refractivity contribution in [3.8, 4) is 0 Å². The molecular weight excluding hydrogens is 284 g/mol. The lowest BCUT2D eigenvalue weighted by Crippen LogP contribution is -2.18. The average molecular weight is 299 g/mol. The lowest BCUT2D eigenvalue weighted by Gasteiger charge is -2.21. The molecule has 0 unspecified atom stereocenters. The predicted molar refractivity (Wildman–Crippen MR) is 69.9 cm³/mol. The highest BCUT2D eigenvalue weighted by Crippen LogP contribution is 2.26. The van der Waals surface area contributed by atoms with Crippen molar-refractivity contribution < 1.29 is 23.2 Å². The minimum absolute atomic E-state index is 0.128. The fourth-order valence-electron chi connectivity index (χ4n) is 2.48. The predicted octanol–water partition coefficient (Wildman–Crippen LogP) is 3.61. The number of hydrogen-bond donors (Lipinski definition) is 0. The molecule has 1 aliphatic carbocycles. The summed E-state index contributed by atoms with van der Waals surface area (Å²) in [5, 5.41) is 10.6. The minimum atomic E-state index is -1.37. The number of benzene rings is 1. The summed E-state index contributed by atoms with van der Waals surface area (Å²) in [6.07, 6.45) is 5.12. The molecule has 0 bridgehead atoms. The van der Waals surface area contributed by atoms with Gasteiger partial charge < -0.3 is 4.74 Å². The second kappa shape index (κ2) is 6.60. The molecule has 1 aromatic rings. The molecule has 114 valence electrons. The molecule has 21 heavy (non-hydrogen) atoms. The van der Waals surface area contributed by atoms with Crippen LogP contribution in [0.2, 0.25) is 0 Å². The Hall–Kier alpha value is -2.05. The average Bonchev–Trinajstić information content (AvgIpc) is 2.47. The molecule has 5 nitrogen and oxygen atoms in total. The van der Waals surface area contributed by atoms with Gasteiger partial charge in [-0.05, 0) is 24.8 Å². The fraction of sp³-hybridized carbons (Fsp3) is 0.500. The molecule has 7 heteroatoms. The van der Waals surface area contributed by atoms with E-state index in [-0.39, 0.29) is 12.5 Å². The van der Waals surface area contributed by atoms with Crippen LogP contribution in [0.1, 0.15) is 42.5 Å². The van der Waals surface area contributed by atoms with Crippen molar-refractivity contribution >= 4 is 11.7 Å². The summed E-state index contributed by atoms with van der Waals surface area (Å²) < 4.78 is 32.0. The number of nitro benzene ring substituents is 1. The molecule has 0 radical (unpaired) electrons. The van der Waals surface area contributed by atoms with Gasteiger partial charge >= 0.3 is 11.7 Å². The molecule has 0 amide bonds. The largest absolute Gasteiger partial charge is 0.462 e. The monoisotopic (exact) mass is 299 g/mol. The number of ether oxygens (including phenoxy) is 1. The third kappa shape index (κ3) is 3.74. The lowest BCUT2D eigenvalue weighted by molar-refractivity contribution is -0.387. The Bertz CT molecular complexity index is 556. The molecule has 0 heterocycles. The van der Waals surface area contributed by atoms with Gasteiger partial charge in [0.25, 0.3) is 0 Å². The molecule has 2 rings (SSSR count). The van der Waals surface area contributed by atoms with Gasteiger partial charge in [-0.1, -0.05) is 19.3 Å². The standard InChI is InChI=1S/C14H15F2NO4/c15-10-6-11(13(16)12(7-10)17(19)20)14(18)21-8-9-4-2-1-3-5-9/h6-7,9H,1-5,8H2. The van der Waals surface area contributed by atoms with Gasteiger partial charge in [0.15, 0.2) is 0 Å². The molecule has 0 spiro atoms. The number of nitro groups is 1. The molecule has 1 aliphatic rings. The zero-order chi connectivity index (χ0) is 15.4. The van der Waals surface area contributed by atoms with Crippen LogP contribution in [-0.4, -0.2) is 17.5 Å². The van der Waals surface area contributed by atoms with Crippen LogP contribution in [0, 0.1) is 27.7 Å². The first-order valence-corrected chi connectivity index (χ1v) is 6.79. The maximum absolute atomic E-state index is 13.8. The van der Waals surface area contributed by atoms with Crippen LogP contribution in [0.15, 0.2) is 12.1 Å². The van der Waals surface area contributed by atoms with Gasteiger partial charge in [0.05, 0.1) is 17.6 Å². The van der Waals surface area contributed by atoms with Gasteiger partial charge in [0.1, 0.15) is 11.4 Å². The summed E-state index contributed by atoms with van der Waals surface area (Å²) in [4.78, 5) is 21.3. The molecule has 1 saturated carbocycles. The topological polar surface area (TPSA) is 69.4 Å². The summed E-state index contributed by atoms with van der Waals surface area (Å²) in [5.74, 6) is -3.27. The molecule has 0 aromatic heterocycles. The number of hydrogen-bond acceptors (Lipinski definition) is 4. The van der Waals surface area contributed by atoms with Crippen LogP contribution in [0.4, 0.5) is 14.5 Å². The lowest BCUT2D eigenvalue weighted by atomic mass is 9.90. The van der Waals surface area contributed by atoms with E-state index in [1.54, 1.807) is 0 Å². The van der Waals surface area contributed by atoms with Gasteiger partial charge in [-0.25, -0.2) is 9.18 Å². The van der Waals surface area contributed by atoms with Gasteiger partial charge in [0, 0.05) is 0 Å². The Morgan fingerprint density at radius 3 is 2.57 bits per heavy atom. The molecule has 1 aromatic carbocycles. The van der Waals surface area contributed by atoms with E-state index in [9.17, 15) is 23.7 Å². The van der Waals surface area contributed by atoms with Gasteiger partial charge in [-0.15, -0.1) is 0 Å². The van der Waals surface area contributed by atoms with E-state index in [0.717, 1.165) is 32.1 Å². The van der Waals surface area contributed by atoms with Crippen LogP contribution in [0.25, 0.3) is 0 Å².